The second kappa shape index (κ2) is 6.31. The highest BCUT2D eigenvalue weighted by molar-refractivity contribution is 7.09. The molecular formula is C13H13N3O4S. The molecule has 1 heterocycles. The van der Waals surface area contributed by atoms with Gasteiger partial charge in [-0.1, -0.05) is 0 Å². The van der Waals surface area contributed by atoms with E-state index in [0.29, 0.717) is 13.0 Å². The molecule has 0 bridgehead atoms. The lowest BCUT2D eigenvalue weighted by Crippen LogP contribution is -2.06. The number of nitrogens with zero attached hydrogens (tertiary/aromatic N) is 2. The van der Waals surface area contributed by atoms with E-state index in [-0.39, 0.29) is 11.4 Å². The second-order valence-corrected chi connectivity index (χ2v) is 5.31. The van der Waals surface area contributed by atoms with E-state index in [1.807, 2.05) is 0 Å². The molecule has 1 aromatic carbocycles. The summed E-state index contributed by atoms with van der Waals surface area (Å²) in [5.74, 6) is -1.03. The highest BCUT2D eigenvalue weighted by Gasteiger charge is 2.09. The smallest absolute Gasteiger partial charge is 0.355 e. The number of nitrogens with one attached hydrogen (secondary N) is 1. The van der Waals surface area contributed by atoms with E-state index >= 15 is 0 Å². The zero-order valence-corrected chi connectivity index (χ0v) is 12.0. The number of thiazole rings is 1. The van der Waals surface area contributed by atoms with Crippen LogP contribution in [-0.4, -0.2) is 27.5 Å². The van der Waals surface area contributed by atoms with E-state index in [9.17, 15) is 14.9 Å². The molecule has 0 aliphatic rings. The maximum atomic E-state index is 10.7. The van der Waals surface area contributed by atoms with Gasteiger partial charge in [-0.2, -0.15) is 0 Å². The highest BCUT2D eigenvalue weighted by Crippen LogP contribution is 2.21. The Labute approximate surface area is 124 Å². The molecule has 1 aromatic heterocycles. The summed E-state index contributed by atoms with van der Waals surface area (Å²) >= 11 is 1.30. The summed E-state index contributed by atoms with van der Waals surface area (Å²) in [6.07, 6.45) is 0.592. The van der Waals surface area contributed by atoms with E-state index in [2.05, 4.69) is 10.3 Å². The van der Waals surface area contributed by atoms with Crippen LogP contribution < -0.4 is 5.32 Å². The molecule has 0 aliphatic carbocycles. The van der Waals surface area contributed by atoms with Crippen LogP contribution >= 0.6 is 11.3 Å². The Kier molecular flexibility index (Phi) is 4.49. The Balaban J connectivity index is 1.93. The van der Waals surface area contributed by atoms with Crippen LogP contribution in [0.3, 0.4) is 0 Å². The van der Waals surface area contributed by atoms with Gasteiger partial charge in [0.05, 0.1) is 9.93 Å². The molecule has 7 nitrogen and oxygen atoms in total. The zero-order chi connectivity index (χ0) is 15.4. The number of rotatable bonds is 6. The van der Waals surface area contributed by atoms with Crippen molar-refractivity contribution in [2.24, 2.45) is 0 Å². The van der Waals surface area contributed by atoms with Crippen molar-refractivity contribution in [2.75, 3.05) is 11.9 Å². The van der Waals surface area contributed by atoms with Crippen LogP contribution in [0.15, 0.2) is 23.6 Å². The van der Waals surface area contributed by atoms with Crippen molar-refractivity contribution in [1.29, 1.82) is 0 Å². The number of aromatic carboxylic acids is 1. The molecule has 0 saturated heterocycles. The summed E-state index contributed by atoms with van der Waals surface area (Å²) < 4.78 is 0. The number of non-ortho nitro benzene ring substituents is 1. The topological polar surface area (TPSA) is 105 Å². The Morgan fingerprint density at radius 1 is 1.52 bits per heavy atom. The minimum absolute atomic E-state index is 0.0570. The van der Waals surface area contributed by atoms with Gasteiger partial charge in [0, 0.05) is 36.2 Å². The molecule has 8 heteroatoms. The molecule has 0 unspecified atom stereocenters. The summed E-state index contributed by atoms with van der Waals surface area (Å²) in [4.78, 5) is 24.9. The molecule has 0 spiro atoms. The first-order valence-corrected chi connectivity index (χ1v) is 7.02. The number of aryl methyl sites for hydroxylation is 1. The van der Waals surface area contributed by atoms with Crippen molar-refractivity contribution in [2.45, 2.75) is 13.3 Å². The van der Waals surface area contributed by atoms with Crippen LogP contribution in [0.1, 0.15) is 21.1 Å². The maximum absolute atomic E-state index is 10.7. The van der Waals surface area contributed by atoms with Crippen molar-refractivity contribution in [3.05, 3.63) is 50.0 Å². The molecule has 0 aliphatic heterocycles. The Hall–Kier alpha value is -2.48. The first kappa shape index (κ1) is 14.9. The minimum atomic E-state index is -1.03. The number of carbonyl (C=O) groups is 1. The normalized spacial score (nSPS) is 10.3. The molecule has 0 radical (unpaired) electrons. The molecule has 0 atom stereocenters. The van der Waals surface area contributed by atoms with Gasteiger partial charge < -0.3 is 10.4 Å². The number of nitro benzene ring substituents is 1. The second-order valence-electron chi connectivity index (χ2n) is 4.36. The number of aromatic nitrogens is 1. The van der Waals surface area contributed by atoms with Gasteiger partial charge in [0.1, 0.15) is 0 Å². The van der Waals surface area contributed by atoms with E-state index < -0.39 is 10.9 Å². The molecule has 0 saturated carbocycles. The molecule has 21 heavy (non-hydrogen) atoms. The third kappa shape index (κ3) is 3.76. The van der Waals surface area contributed by atoms with Crippen LogP contribution in [0.4, 0.5) is 11.4 Å². The Bertz CT molecular complexity index is 684. The van der Waals surface area contributed by atoms with Gasteiger partial charge in [0.25, 0.3) is 5.69 Å². The molecule has 0 fully saturated rings. The largest absolute Gasteiger partial charge is 0.476 e. The monoisotopic (exact) mass is 307 g/mol. The number of carboxylic acid groups (broad SMARTS) is 1. The van der Waals surface area contributed by atoms with Crippen LogP contribution in [0, 0.1) is 17.0 Å². The molecule has 110 valence electrons. The fourth-order valence-electron chi connectivity index (χ4n) is 1.79. The SMILES string of the molecule is Cc1cc([N+](=O)[O-])ccc1NCCc1nc(C(=O)O)cs1. The van der Waals surface area contributed by atoms with Crippen molar-refractivity contribution in [3.63, 3.8) is 0 Å². The molecular weight excluding hydrogens is 294 g/mol. The average molecular weight is 307 g/mol. The third-order valence-electron chi connectivity index (χ3n) is 2.85. The molecule has 2 N–H and O–H groups in total. The first-order valence-electron chi connectivity index (χ1n) is 6.14. The standard InChI is InChI=1S/C13H13N3O4S/c1-8-6-9(16(19)20)2-3-10(8)14-5-4-12-15-11(7-21-12)13(17)18/h2-3,6-7,14H,4-5H2,1H3,(H,17,18). The van der Waals surface area contributed by atoms with Crippen LogP contribution in [-0.2, 0) is 6.42 Å². The van der Waals surface area contributed by atoms with Gasteiger partial charge in [-0.15, -0.1) is 11.3 Å². The predicted octanol–water partition coefficient (Wildman–Crippen LogP) is 2.71. The molecule has 0 amide bonds. The fraction of sp³-hybridized carbons (Fsp3) is 0.231. The quantitative estimate of drug-likeness (QED) is 0.628. The molecule has 2 rings (SSSR count). The van der Waals surface area contributed by atoms with Crippen molar-refractivity contribution < 1.29 is 14.8 Å². The van der Waals surface area contributed by atoms with E-state index in [0.717, 1.165) is 16.3 Å². The number of nitro groups is 1. The van der Waals surface area contributed by atoms with Crippen LogP contribution in [0.25, 0.3) is 0 Å². The van der Waals surface area contributed by atoms with Crippen molar-refractivity contribution in [1.82, 2.24) is 4.98 Å². The summed E-state index contributed by atoms with van der Waals surface area (Å²) in [6, 6.07) is 4.62. The predicted molar refractivity (Wildman–Crippen MR) is 79.1 cm³/mol. The maximum Gasteiger partial charge on any atom is 0.355 e. The first-order chi connectivity index (χ1) is 9.97. The lowest BCUT2D eigenvalue weighted by molar-refractivity contribution is -0.384. The third-order valence-corrected chi connectivity index (χ3v) is 3.75. The number of benzene rings is 1. The molecule has 2 aromatic rings. The van der Waals surface area contributed by atoms with E-state index in [4.69, 9.17) is 5.11 Å². The summed E-state index contributed by atoms with van der Waals surface area (Å²) in [5, 5.41) is 24.8. The van der Waals surface area contributed by atoms with E-state index in [1.54, 1.807) is 13.0 Å². The summed E-state index contributed by atoms with van der Waals surface area (Å²) in [5.41, 5.74) is 1.72. The minimum Gasteiger partial charge on any atom is -0.476 e. The average Bonchev–Trinajstić information content (AvgIpc) is 2.89. The Morgan fingerprint density at radius 2 is 2.29 bits per heavy atom. The number of carboxylic acids is 1. The van der Waals surface area contributed by atoms with Gasteiger partial charge >= 0.3 is 5.97 Å². The number of hydrogen-bond donors (Lipinski definition) is 2. The Morgan fingerprint density at radius 3 is 2.86 bits per heavy atom. The van der Waals surface area contributed by atoms with Crippen molar-refractivity contribution in [3.8, 4) is 0 Å². The number of hydrogen-bond acceptors (Lipinski definition) is 6. The van der Waals surface area contributed by atoms with Crippen LogP contribution in [0.2, 0.25) is 0 Å². The zero-order valence-electron chi connectivity index (χ0n) is 11.2. The van der Waals surface area contributed by atoms with Crippen LogP contribution in [0.5, 0.6) is 0 Å². The number of anilines is 1. The van der Waals surface area contributed by atoms with Crippen molar-refractivity contribution >= 4 is 28.7 Å². The summed E-state index contributed by atoms with van der Waals surface area (Å²) in [7, 11) is 0. The highest BCUT2D eigenvalue weighted by atomic mass is 32.1. The van der Waals surface area contributed by atoms with Gasteiger partial charge in [-0.3, -0.25) is 10.1 Å². The summed E-state index contributed by atoms with van der Waals surface area (Å²) in [6.45, 7) is 2.37. The van der Waals surface area contributed by atoms with Gasteiger partial charge in [0.2, 0.25) is 0 Å². The van der Waals surface area contributed by atoms with Gasteiger partial charge in [0.15, 0.2) is 5.69 Å². The van der Waals surface area contributed by atoms with E-state index in [1.165, 1.54) is 28.8 Å². The van der Waals surface area contributed by atoms with Gasteiger partial charge in [-0.05, 0) is 18.6 Å². The lowest BCUT2D eigenvalue weighted by atomic mass is 10.2. The lowest BCUT2D eigenvalue weighted by Gasteiger charge is -2.08. The van der Waals surface area contributed by atoms with Gasteiger partial charge in [-0.25, -0.2) is 9.78 Å². The fourth-order valence-corrected chi connectivity index (χ4v) is 2.56.